The Balaban J connectivity index is 2.59. The SMILES string of the molecule is Fc1[c]c(F)cc(-c2ncccc2F)c1. The average molecular weight is 208 g/mol. The van der Waals surface area contributed by atoms with Crippen LogP contribution in [0.1, 0.15) is 0 Å². The Labute approximate surface area is 84.2 Å². The predicted octanol–water partition coefficient (Wildman–Crippen LogP) is 2.97. The molecule has 1 heterocycles. The maximum Gasteiger partial charge on any atom is 0.149 e. The van der Waals surface area contributed by atoms with Gasteiger partial charge in [-0.15, -0.1) is 0 Å². The summed E-state index contributed by atoms with van der Waals surface area (Å²) >= 11 is 0. The Morgan fingerprint density at radius 1 is 1.07 bits per heavy atom. The van der Waals surface area contributed by atoms with Gasteiger partial charge in [0.25, 0.3) is 0 Å². The van der Waals surface area contributed by atoms with Gasteiger partial charge in [-0.1, -0.05) is 0 Å². The standard InChI is InChI=1S/C11H5F3N/c12-8-4-7(5-9(13)6-8)11-10(14)2-1-3-15-11/h1-5H. The fraction of sp³-hybridized carbons (Fsp3) is 0. The summed E-state index contributed by atoms with van der Waals surface area (Å²) in [6, 6.07) is 6.36. The third kappa shape index (κ3) is 1.98. The highest BCUT2D eigenvalue weighted by Gasteiger charge is 2.08. The predicted molar refractivity (Wildman–Crippen MR) is 48.4 cm³/mol. The van der Waals surface area contributed by atoms with Crippen molar-refractivity contribution in [2.45, 2.75) is 0 Å². The molecule has 4 heteroatoms. The summed E-state index contributed by atoms with van der Waals surface area (Å²) in [4.78, 5) is 3.71. The molecule has 1 nitrogen and oxygen atoms in total. The maximum absolute atomic E-state index is 13.2. The summed E-state index contributed by atoms with van der Waals surface area (Å²) in [5, 5.41) is 0. The van der Waals surface area contributed by atoms with Crippen LogP contribution in [0.2, 0.25) is 0 Å². The van der Waals surface area contributed by atoms with Crippen molar-refractivity contribution in [2.75, 3.05) is 0 Å². The van der Waals surface area contributed by atoms with Crippen molar-refractivity contribution in [1.29, 1.82) is 0 Å². The highest BCUT2D eigenvalue weighted by molar-refractivity contribution is 5.59. The second kappa shape index (κ2) is 3.73. The lowest BCUT2D eigenvalue weighted by atomic mass is 10.1. The largest absolute Gasteiger partial charge is 0.253 e. The molecule has 0 bridgehead atoms. The van der Waals surface area contributed by atoms with E-state index in [1.165, 1.54) is 18.3 Å². The van der Waals surface area contributed by atoms with Gasteiger partial charge < -0.3 is 0 Å². The van der Waals surface area contributed by atoms with Crippen molar-refractivity contribution in [1.82, 2.24) is 4.98 Å². The van der Waals surface area contributed by atoms with Crippen LogP contribution in [0.5, 0.6) is 0 Å². The van der Waals surface area contributed by atoms with E-state index in [9.17, 15) is 13.2 Å². The summed E-state index contributed by atoms with van der Waals surface area (Å²) in [5.41, 5.74) is -0.0221. The van der Waals surface area contributed by atoms with Crippen LogP contribution in [0.3, 0.4) is 0 Å². The minimum atomic E-state index is -0.880. The van der Waals surface area contributed by atoms with E-state index >= 15 is 0 Å². The number of nitrogens with zero attached hydrogens (tertiary/aromatic N) is 1. The third-order valence-electron chi connectivity index (χ3n) is 1.84. The van der Waals surface area contributed by atoms with Gasteiger partial charge in [0, 0.05) is 11.8 Å². The lowest BCUT2D eigenvalue weighted by molar-refractivity contribution is 0.579. The van der Waals surface area contributed by atoms with Crippen molar-refractivity contribution in [3.8, 4) is 11.3 Å². The van der Waals surface area contributed by atoms with Crippen LogP contribution < -0.4 is 0 Å². The van der Waals surface area contributed by atoms with Gasteiger partial charge in [-0.2, -0.15) is 0 Å². The molecule has 0 unspecified atom stereocenters. The molecule has 0 amide bonds. The molecular weight excluding hydrogens is 203 g/mol. The van der Waals surface area contributed by atoms with Gasteiger partial charge in [0.2, 0.25) is 0 Å². The number of benzene rings is 1. The second-order valence-corrected chi connectivity index (χ2v) is 2.90. The Hall–Kier alpha value is -1.84. The van der Waals surface area contributed by atoms with E-state index in [-0.39, 0.29) is 11.3 Å². The molecule has 0 spiro atoms. The molecule has 2 rings (SSSR count). The van der Waals surface area contributed by atoms with E-state index in [1.807, 2.05) is 6.07 Å². The topological polar surface area (TPSA) is 12.9 Å². The number of pyridine rings is 1. The number of halogens is 3. The molecule has 15 heavy (non-hydrogen) atoms. The first-order chi connectivity index (χ1) is 7.16. The Bertz CT molecular complexity index is 477. The average Bonchev–Trinajstić information content (AvgIpc) is 2.16. The van der Waals surface area contributed by atoms with Gasteiger partial charge in [-0.05, 0) is 24.3 Å². The van der Waals surface area contributed by atoms with Crippen molar-refractivity contribution >= 4 is 0 Å². The number of aromatic nitrogens is 1. The van der Waals surface area contributed by atoms with Gasteiger partial charge in [-0.25, -0.2) is 13.2 Å². The highest BCUT2D eigenvalue weighted by atomic mass is 19.1. The van der Waals surface area contributed by atoms with Crippen molar-refractivity contribution in [2.24, 2.45) is 0 Å². The number of hydrogen-bond donors (Lipinski definition) is 0. The molecule has 0 atom stereocenters. The summed E-state index contributed by atoms with van der Waals surface area (Å²) in [5.74, 6) is -2.38. The van der Waals surface area contributed by atoms with E-state index < -0.39 is 17.5 Å². The summed E-state index contributed by atoms with van der Waals surface area (Å²) in [7, 11) is 0. The molecule has 0 aliphatic rings. The number of hydrogen-bond acceptors (Lipinski definition) is 1. The van der Waals surface area contributed by atoms with Crippen molar-refractivity contribution < 1.29 is 13.2 Å². The number of rotatable bonds is 1. The quantitative estimate of drug-likeness (QED) is 0.702. The fourth-order valence-corrected chi connectivity index (χ4v) is 1.24. The van der Waals surface area contributed by atoms with Gasteiger partial charge in [0.15, 0.2) is 0 Å². The van der Waals surface area contributed by atoms with Crippen LogP contribution in [0.25, 0.3) is 11.3 Å². The second-order valence-electron chi connectivity index (χ2n) is 2.90. The smallest absolute Gasteiger partial charge is 0.149 e. The van der Waals surface area contributed by atoms with E-state index in [4.69, 9.17) is 0 Å². The lowest BCUT2D eigenvalue weighted by Crippen LogP contribution is -1.90. The van der Waals surface area contributed by atoms with Crippen LogP contribution in [0, 0.1) is 23.5 Å². The fourth-order valence-electron chi connectivity index (χ4n) is 1.24. The van der Waals surface area contributed by atoms with Gasteiger partial charge in [-0.3, -0.25) is 4.98 Å². The molecule has 0 N–H and O–H groups in total. The molecule has 1 aromatic carbocycles. The molecular formula is C11H5F3N. The zero-order chi connectivity index (χ0) is 10.8. The summed E-state index contributed by atoms with van der Waals surface area (Å²) in [6.07, 6.45) is 1.35. The first kappa shape index (κ1) is 9.71. The summed E-state index contributed by atoms with van der Waals surface area (Å²) in [6.45, 7) is 0. The van der Waals surface area contributed by atoms with Gasteiger partial charge in [0.1, 0.15) is 23.1 Å². The molecule has 1 aromatic heterocycles. The molecule has 0 aliphatic heterocycles. The Morgan fingerprint density at radius 3 is 2.33 bits per heavy atom. The summed E-state index contributed by atoms with van der Waals surface area (Å²) < 4.78 is 38.8. The third-order valence-corrected chi connectivity index (χ3v) is 1.84. The van der Waals surface area contributed by atoms with Crippen molar-refractivity contribution in [3.63, 3.8) is 0 Å². The molecule has 75 valence electrons. The van der Waals surface area contributed by atoms with Gasteiger partial charge >= 0.3 is 0 Å². The molecule has 0 aliphatic carbocycles. The first-order valence-corrected chi connectivity index (χ1v) is 4.16. The Morgan fingerprint density at radius 2 is 1.73 bits per heavy atom. The maximum atomic E-state index is 13.2. The minimum absolute atomic E-state index is 0.0573. The minimum Gasteiger partial charge on any atom is -0.253 e. The lowest BCUT2D eigenvalue weighted by Gasteiger charge is -2.01. The normalized spacial score (nSPS) is 10.3. The van der Waals surface area contributed by atoms with E-state index in [0.29, 0.717) is 0 Å². The monoisotopic (exact) mass is 208 g/mol. The highest BCUT2D eigenvalue weighted by Crippen LogP contribution is 2.21. The molecule has 0 saturated carbocycles. The van der Waals surface area contributed by atoms with Gasteiger partial charge in [0.05, 0.1) is 6.07 Å². The van der Waals surface area contributed by atoms with E-state index in [2.05, 4.69) is 4.98 Å². The van der Waals surface area contributed by atoms with Crippen LogP contribution in [0.4, 0.5) is 13.2 Å². The van der Waals surface area contributed by atoms with E-state index in [0.717, 1.165) is 12.1 Å². The molecule has 1 radical (unpaired) electrons. The van der Waals surface area contributed by atoms with Crippen LogP contribution in [0.15, 0.2) is 30.5 Å². The van der Waals surface area contributed by atoms with Crippen LogP contribution >= 0.6 is 0 Å². The van der Waals surface area contributed by atoms with Crippen molar-refractivity contribution in [3.05, 3.63) is 54.0 Å². The zero-order valence-electron chi connectivity index (χ0n) is 7.47. The zero-order valence-corrected chi connectivity index (χ0v) is 7.47. The molecule has 0 fully saturated rings. The van der Waals surface area contributed by atoms with E-state index in [1.54, 1.807) is 0 Å². The molecule has 2 aromatic rings. The van der Waals surface area contributed by atoms with Crippen LogP contribution in [-0.4, -0.2) is 4.98 Å². The Kier molecular flexibility index (Phi) is 2.41. The van der Waals surface area contributed by atoms with Crippen LogP contribution in [-0.2, 0) is 0 Å². The molecule has 0 saturated heterocycles. The first-order valence-electron chi connectivity index (χ1n) is 4.16.